The molecule has 0 radical (unpaired) electrons. The standard InChI is InChI=1S/C18H16N2O4S/c1-11-9-15(12(2)25-11)16(21)10-24-18(23)13-3-5-14(6-4-13)20-17(22)7-8-19/h3-6,9H,7,10H2,1-2H3,(H,20,22). The van der Waals surface area contributed by atoms with Crippen LogP contribution in [0.5, 0.6) is 0 Å². The van der Waals surface area contributed by atoms with Gasteiger partial charge in [-0.05, 0) is 44.2 Å². The topological polar surface area (TPSA) is 96.3 Å². The predicted octanol–water partition coefficient (Wildman–Crippen LogP) is 3.26. The van der Waals surface area contributed by atoms with Crippen LogP contribution in [0.2, 0.25) is 0 Å². The molecule has 0 atom stereocenters. The Labute approximate surface area is 149 Å². The van der Waals surface area contributed by atoms with Crippen LogP contribution in [0.1, 0.15) is 36.9 Å². The molecule has 0 spiro atoms. The Morgan fingerprint density at radius 1 is 1.20 bits per heavy atom. The molecule has 0 fully saturated rings. The van der Waals surface area contributed by atoms with Crippen LogP contribution in [0.25, 0.3) is 0 Å². The van der Waals surface area contributed by atoms with Gasteiger partial charge in [0, 0.05) is 21.0 Å². The van der Waals surface area contributed by atoms with Gasteiger partial charge in [0.05, 0.1) is 11.6 Å². The maximum atomic E-state index is 12.1. The number of hydrogen-bond acceptors (Lipinski definition) is 6. The zero-order chi connectivity index (χ0) is 18.4. The number of ketones is 1. The number of aryl methyl sites for hydroxylation is 2. The van der Waals surface area contributed by atoms with E-state index in [1.807, 2.05) is 13.8 Å². The number of rotatable bonds is 6. The first-order chi connectivity index (χ1) is 11.9. The summed E-state index contributed by atoms with van der Waals surface area (Å²) in [4.78, 5) is 37.4. The van der Waals surface area contributed by atoms with Gasteiger partial charge >= 0.3 is 5.97 Å². The Balaban J connectivity index is 1.92. The summed E-state index contributed by atoms with van der Waals surface area (Å²) in [7, 11) is 0. The fraction of sp³-hybridized carbons (Fsp3) is 0.222. The molecule has 0 aliphatic carbocycles. The second kappa shape index (κ2) is 8.22. The predicted molar refractivity (Wildman–Crippen MR) is 93.7 cm³/mol. The van der Waals surface area contributed by atoms with Crippen LogP contribution in [-0.2, 0) is 9.53 Å². The number of anilines is 1. The number of amides is 1. The molecule has 25 heavy (non-hydrogen) atoms. The van der Waals surface area contributed by atoms with Crippen LogP contribution in [-0.4, -0.2) is 24.3 Å². The number of nitrogens with one attached hydrogen (secondary N) is 1. The second-order valence-electron chi connectivity index (χ2n) is 5.29. The van der Waals surface area contributed by atoms with E-state index in [1.165, 1.54) is 35.6 Å². The van der Waals surface area contributed by atoms with Crippen LogP contribution in [0.3, 0.4) is 0 Å². The summed E-state index contributed by atoms with van der Waals surface area (Å²) in [5, 5.41) is 11.0. The molecular formula is C18H16N2O4S. The third-order valence-electron chi connectivity index (χ3n) is 3.32. The van der Waals surface area contributed by atoms with Crippen LogP contribution in [0.4, 0.5) is 5.69 Å². The first kappa shape index (κ1) is 18.4. The lowest BCUT2D eigenvalue weighted by molar-refractivity contribution is -0.115. The van der Waals surface area contributed by atoms with Gasteiger partial charge in [0.2, 0.25) is 11.7 Å². The third kappa shape index (κ3) is 4.99. The van der Waals surface area contributed by atoms with Crippen molar-refractivity contribution in [1.29, 1.82) is 5.26 Å². The highest BCUT2D eigenvalue weighted by atomic mass is 32.1. The quantitative estimate of drug-likeness (QED) is 0.633. The van der Waals surface area contributed by atoms with Crippen molar-refractivity contribution in [3.05, 3.63) is 51.2 Å². The number of Topliss-reactive ketones (excluding diaryl/α,β-unsaturated/α-hetero) is 1. The van der Waals surface area contributed by atoms with Gasteiger partial charge < -0.3 is 10.1 Å². The van der Waals surface area contributed by atoms with Crippen LogP contribution in [0.15, 0.2) is 30.3 Å². The van der Waals surface area contributed by atoms with E-state index < -0.39 is 11.9 Å². The SMILES string of the molecule is Cc1cc(C(=O)COC(=O)c2ccc(NC(=O)CC#N)cc2)c(C)s1. The molecule has 2 rings (SSSR count). The largest absolute Gasteiger partial charge is 0.454 e. The fourth-order valence-corrected chi connectivity index (χ4v) is 3.11. The van der Waals surface area contributed by atoms with Gasteiger partial charge in [0.15, 0.2) is 6.61 Å². The van der Waals surface area contributed by atoms with E-state index in [9.17, 15) is 14.4 Å². The molecule has 1 aromatic heterocycles. The average molecular weight is 356 g/mol. The number of carbonyl (C=O) groups excluding carboxylic acids is 3. The lowest BCUT2D eigenvalue weighted by Gasteiger charge is -2.06. The Kier molecular flexibility index (Phi) is 6.03. The fourth-order valence-electron chi connectivity index (χ4n) is 2.17. The smallest absolute Gasteiger partial charge is 0.338 e. The van der Waals surface area contributed by atoms with Crippen molar-refractivity contribution in [1.82, 2.24) is 0 Å². The number of nitriles is 1. The summed E-state index contributed by atoms with van der Waals surface area (Å²) >= 11 is 1.52. The summed E-state index contributed by atoms with van der Waals surface area (Å²) in [6.45, 7) is 3.44. The van der Waals surface area contributed by atoms with E-state index in [-0.39, 0.29) is 24.4 Å². The van der Waals surface area contributed by atoms with Gasteiger partial charge in [-0.15, -0.1) is 11.3 Å². The molecule has 0 saturated heterocycles. The molecule has 0 aliphatic heterocycles. The summed E-state index contributed by atoms with van der Waals surface area (Å²) in [6, 6.07) is 9.55. The highest BCUT2D eigenvalue weighted by molar-refractivity contribution is 7.12. The molecular weight excluding hydrogens is 340 g/mol. The van der Waals surface area contributed by atoms with E-state index in [2.05, 4.69) is 5.32 Å². The Morgan fingerprint density at radius 3 is 2.44 bits per heavy atom. The van der Waals surface area contributed by atoms with Crippen molar-refractivity contribution >= 4 is 34.7 Å². The second-order valence-corrected chi connectivity index (χ2v) is 6.75. The number of hydrogen-bond donors (Lipinski definition) is 1. The number of ether oxygens (including phenoxy) is 1. The van der Waals surface area contributed by atoms with Crippen molar-refractivity contribution in [2.24, 2.45) is 0 Å². The molecule has 0 unspecified atom stereocenters. The molecule has 1 aromatic carbocycles. The molecule has 1 amide bonds. The van der Waals surface area contributed by atoms with Crippen molar-refractivity contribution in [3.8, 4) is 6.07 Å². The number of benzene rings is 1. The molecule has 0 bridgehead atoms. The monoisotopic (exact) mass is 356 g/mol. The van der Waals surface area contributed by atoms with Crippen molar-refractivity contribution < 1.29 is 19.1 Å². The van der Waals surface area contributed by atoms with Crippen LogP contribution >= 0.6 is 11.3 Å². The Morgan fingerprint density at radius 2 is 1.88 bits per heavy atom. The molecule has 1 N–H and O–H groups in total. The Hall–Kier alpha value is -2.98. The first-order valence-electron chi connectivity index (χ1n) is 7.45. The number of nitrogens with zero attached hydrogens (tertiary/aromatic N) is 1. The molecule has 0 aliphatic rings. The minimum atomic E-state index is -0.618. The number of esters is 1. The molecule has 128 valence electrons. The van der Waals surface area contributed by atoms with E-state index >= 15 is 0 Å². The summed E-state index contributed by atoms with van der Waals surface area (Å²) in [6.07, 6.45) is -0.243. The van der Waals surface area contributed by atoms with Gasteiger partial charge in [-0.3, -0.25) is 9.59 Å². The maximum absolute atomic E-state index is 12.1. The van der Waals surface area contributed by atoms with E-state index in [4.69, 9.17) is 10.00 Å². The van der Waals surface area contributed by atoms with E-state index in [0.29, 0.717) is 11.3 Å². The van der Waals surface area contributed by atoms with E-state index in [0.717, 1.165) is 9.75 Å². The first-order valence-corrected chi connectivity index (χ1v) is 8.26. The van der Waals surface area contributed by atoms with Gasteiger partial charge in [0.1, 0.15) is 6.42 Å². The third-order valence-corrected chi connectivity index (χ3v) is 4.29. The van der Waals surface area contributed by atoms with Crippen molar-refractivity contribution in [2.45, 2.75) is 20.3 Å². The summed E-state index contributed by atoms with van der Waals surface area (Å²) < 4.78 is 5.05. The number of carbonyl (C=O) groups is 3. The highest BCUT2D eigenvalue weighted by Crippen LogP contribution is 2.21. The summed E-state index contributed by atoms with van der Waals surface area (Å²) in [5.74, 6) is -1.28. The van der Waals surface area contributed by atoms with Gasteiger partial charge in [0.25, 0.3) is 0 Å². The lowest BCUT2D eigenvalue weighted by atomic mass is 10.1. The van der Waals surface area contributed by atoms with E-state index in [1.54, 1.807) is 12.1 Å². The van der Waals surface area contributed by atoms with Crippen LogP contribution < -0.4 is 5.32 Å². The van der Waals surface area contributed by atoms with Crippen molar-refractivity contribution in [2.75, 3.05) is 11.9 Å². The minimum absolute atomic E-state index is 0.240. The van der Waals surface area contributed by atoms with Gasteiger partial charge in [-0.2, -0.15) is 5.26 Å². The molecule has 1 heterocycles. The van der Waals surface area contributed by atoms with Crippen molar-refractivity contribution in [3.63, 3.8) is 0 Å². The molecule has 6 nitrogen and oxygen atoms in total. The highest BCUT2D eigenvalue weighted by Gasteiger charge is 2.15. The molecule has 7 heteroatoms. The zero-order valence-electron chi connectivity index (χ0n) is 13.8. The van der Waals surface area contributed by atoms with Gasteiger partial charge in [-0.25, -0.2) is 4.79 Å². The zero-order valence-corrected chi connectivity index (χ0v) is 14.6. The lowest BCUT2D eigenvalue weighted by Crippen LogP contribution is -2.14. The van der Waals surface area contributed by atoms with Crippen LogP contribution in [0, 0.1) is 25.2 Å². The number of thiophene rings is 1. The molecule has 2 aromatic rings. The Bertz CT molecular complexity index is 847. The summed E-state index contributed by atoms with van der Waals surface area (Å²) in [5.41, 5.74) is 1.31. The van der Waals surface area contributed by atoms with Gasteiger partial charge in [-0.1, -0.05) is 0 Å². The normalized spacial score (nSPS) is 9.96. The average Bonchev–Trinajstić information content (AvgIpc) is 2.91. The maximum Gasteiger partial charge on any atom is 0.338 e. The minimum Gasteiger partial charge on any atom is -0.454 e. The molecule has 0 saturated carbocycles.